The lowest BCUT2D eigenvalue weighted by Gasteiger charge is -2.34. The molecule has 0 radical (unpaired) electrons. The first-order valence-electron chi connectivity index (χ1n) is 3.16. The molecule has 0 rings (SSSR count). The highest BCUT2D eigenvalue weighted by molar-refractivity contribution is 14.1. The van der Waals surface area contributed by atoms with Crippen LogP contribution >= 0.6 is 22.6 Å². The lowest BCUT2D eigenvalue weighted by atomic mass is 10.1. The van der Waals surface area contributed by atoms with Gasteiger partial charge in [0, 0.05) is 0 Å². The van der Waals surface area contributed by atoms with Crippen LogP contribution in [0.2, 0.25) is 0 Å². The van der Waals surface area contributed by atoms with Crippen molar-refractivity contribution in [3.8, 4) is 0 Å². The summed E-state index contributed by atoms with van der Waals surface area (Å²) < 4.78 is -0.917. The van der Waals surface area contributed by atoms with Gasteiger partial charge in [0.15, 0.2) is 0 Å². The topological polar surface area (TPSA) is 76.8 Å². The first-order valence-corrected chi connectivity index (χ1v) is 4.24. The van der Waals surface area contributed by atoms with Gasteiger partial charge in [-0.2, -0.15) is 0 Å². The predicted octanol–water partition coefficient (Wildman–Crippen LogP) is 0.500. The van der Waals surface area contributed by atoms with Crippen LogP contribution in [0.1, 0.15) is 13.3 Å². The van der Waals surface area contributed by atoms with E-state index >= 15 is 0 Å². The van der Waals surface area contributed by atoms with Crippen LogP contribution in [0.15, 0.2) is 9.98 Å². The summed E-state index contributed by atoms with van der Waals surface area (Å²) in [6, 6.07) is 0. The fraction of sp³-hybridized carbons (Fsp3) is 0.667. The first kappa shape index (κ1) is 11.0. The van der Waals surface area contributed by atoms with Gasteiger partial charge in [-0.3, -0.25) is 9.98 Å². The number of alkyl halides is 1. The Morgan fingerprint density at radius 3 is 1.82 bits per heavy atom. The van der Waals surface area contributed by atoms with Crippen molar-refractivity contribution in [3.63, 3.8) is 0 Å². The number of hydrogen-bond donors (Lipinski definition) is 2. The minimum absolute atomic E-state index is 0.563. The van der Waals surface area contributed by atoms with Crippen LogP contribution in [0, 0.1) is 0 Å². The zero-order valence-electron chi connectivity index (χ0n) is 6.55. The maximum Gasteiger partial charge on any atom is 0.230 e. The summed E-state index contributed by atoms with van der Waals surface area (Å²) in [6.07, 6.45) is 0.563. The minimum Gasteiger partial charge on any atom is -0.309 e. The molecule has 0 aromatic rings. The van der Waals surface area contributed by atoms with Gasteiger partial charge in [-0.05, 0) is 42.4 Å². The highest BCUT2D eigenvalue weighted by atomic mass is 127. The normalized spacial score (nSPS) is 12.7. The predicted molar refractivity (Wildman–Crippen MR) is 57.2 cm³/mol. The number of halogens is 1. The average molecular weight is 268 g/mol. The molecule has 11 heavy (non-hydrogen) atoms. The third-order valence-electron chi connectivity index (χ3n) is 1.60. The molecule has 0 atom stereocenters. The summed E-state index contributed by atoms with van der Waals surface area (Å²) in [5.41, 5.74) is 10.5. The van der Waals surface area contributed by atoms with Crippen LogP contribution in [0.25, 0.3) is 0 Å². The molecule has 0 aromatic carbocycles. The van der Waals surface area contributed by atoms with Gasteiger partial charge in [0.05, 0.1) is 0 Å². The molecule has 0 heterocycles. The quantitative estimate of drug-likeness (QED) is 0.256. The molecule has 4 N–H and O–H groups in total. The van der Waals surface area contributed by atoms with E-state index in [1.54, 1.807) is 0 Å². The fourth-order valence-electron chi connectivity index (χ4n) is 0.569. The third kappa shape index (κ3) is 1.97. The number of nitrogens with two attached hydrogens (primary N) is 2. The Kier molecular flexibility index (Phi) is 3.59. The molecule has 4 nitrogen and oxygen atoms in total. The zero-order valence-corrected chi connectivity index (χ0v) is 8.71. The summed E-state index contributed by atoms with van der Waals surface area (Å²) in [4.78, 5) is 7.48. The molecule has 0 saturated carbocycles. The number of nitrogens with zero attached hydrogens (tertiary/aromatic N) is 2. The Balaban J connectivity index is 4.75. The van der Waals surface area contributed by atoms with Gasteiger partial charge in [0.25, 0.3) is 0 Å². The number of hydrogen-bond acceptors (Lipinski definition) is 4. The van der Waals surface area contributed by atoms with Crippen LogP contribution in [0.4, 0.5) is 0 Å². The Bertz CT molecular complexity index is 158. The van der Waals surface area contributed by atoms with E-state index in [2.05, 4.69) is 23.4 Å². The van der Waals surface area contributed by atoms with E-state index in [4.69, 9.17) is 11.5 Å². The van der Waals surface area contributed by atoms with Crippen LogP contribution in [0.3, 0.4) is 0 Å². The smallest absolute Gasteiger partial charge is 0.230 e. The summed E-state index contributed by atoms with van der Waals surface area (Å²) >= 11 is 1.94. The largest absolute Gasteiger partial charge is 0.309 e. The van der Waals surface area contributed by atoms with Crippen LogP contribution in [0.5, 0.6) is 0 Å². The molecular formula is C6H13IN4. The van der Waals surface area contributed by atoms with E-state index in [9.17, 15) is 0 Å². The molecule has 0 fully saturated rings. The van der Waals surface area contributed by atoms with E-state index in [0.29, 0.717) is 6.42 Å². The number of rotatable bonds is 4. The van der Waals surface area contributed by atoms with Gasteiger partial charge in [0.1, 0.15) is 5.66 Å². The van der Waals surface area contributed by atoms with E-state index in [1.165, 1.54) is 0 Å². The third-order valence-corrected chi connectivity index (χ3v) is 3.28. The molecule has 64 valence electrons. The van der Waals surface area contributed by atoms with Crippen molar-refractivity contribution in [1.82, 2.24) is 0 Å². The SMILES string of the molecule is C=NC(I)(N=C)C(N)(N)CC. The van der Waals surface area contributed by atoms with Crippen LogP contribution in [-0.4, -0.2) is 22.8 Å². The molecule has 0 aliphatic heterocycles. The van der Waals surface area contributed by atoms with Crippen molar-refractivity contribution in [2.75, 3.05) is 0 Å². The van der Waals surface area contributed by atoms with Crippen molar-refractivity contribution in [3.05, 3.63) is 0 Å². The number of aliphatic imine (C=N–C) groups is 2. The van der Waals surface area contributed by atoms with Gasteiger partial charge in [-0.25, -0.2) is 0 Å². The standard InChI is InChI=1S/C6H13IN4/c1-4-5(8,9)6(7,10-2)11-3/h2-4,8-9H2,1H3. The summed E-state index contributed by atoms with van der Waals surface area (Å²) in [7, 11) is 0. The van der Waals surface area contributed by atoms with Gasteiger partial charge in [-0.1, -0.05) is 6.92 Å². The van der Waals surface area contributed by atoms with Crippen molar-refractivity contribution >= 4 is 36.0 Å². The van der Waals surface area contributed by atoms with E-state index in [-0.39, 0.29) is 0 Å². The summed E-state index contributed by atoms with van der Waals surface area (Å²) in [5, 5.41) is 0. The molecule has 0 aliphatic rings. The Morgan fingerprint density at radius 2 is 1.73 bits per heavy atom. The fourth-order valence-corrected chi connectivity index (χ4v) is 0.951. The molecule has 0 amide bonds. The van der Waals surface area contributed by atoms with E-state index in [0.717, 1.165) is 0 Å². The highest BCUT2D eigenvalue weighted by Crippen LogP contribution is 2.31. The Labute approximate surface area is 80.3 Å². The molecule has 0 unspecified atom stereocenters. The lowest BCUT2D eigenvalue weighted by molar-refractivity contribution is 0.341. The second kappa shape index (κ2) is 3.59. The Hall–Kier alpha value is -0.0100. The summed E-state index contributed by atoms with van der Waals surface area (Å²) in [6.45, 7) is 8.60. The zero-order chi connectivity index (χ0) is 9.12. The Morgan fingerprint density at radius 1 is 1.36 bits per heavy atom. The average Bonchev–Trinajstić information content (AvgIpc) is 2.02. The molecular weight excluding hydrogens is 255 g/mol. The van der Waals surface area contributed by atoms with Crippen molar-refractivity contribution < 1.29 is 0 Å². The van der Waals surface area contributed by atoms with Crippen LogP contribution < -0.4 is 11.5 Å². The van der Waals surface area contributed by atoms with Crippen LogP contribution in [-0.2, 0) is 0 Å². The molecule has 0 aliphatic carbocycles. The van der Waals surface area contributed by atoms with E-state index in [1.807, 2.05) is 29.5 Å². The van der Waals surface area contributed by atoms with Crippen molar-refractivity contribution in [2.45, 2.75) is 22.7 Å². The second-order valence-corrected chi connectivity index (χ2v) is 3.80. The van der Waals surface area contributed by atoms with E-state index < -0.39 is 9.33 Å². The van der Waals surface area contributed by atoms with Gasteiger partial charge >= 0.3 is 0 Å². The molecule has 5 heteroatoms. The molecule has 0 saturated heterocycles. The molecule has 0 spiro atoms. The minimum atomic E-state index is -0.975. The van der Waals surface area contributed by atoms with Gasteiger partial charge in [-0.15, -0.1) is 0 Å². The molecule has 0 aromatic heterocycles. The lowest BCUT2D eigenvalue weighted by Crippen LogP contribution is -2.61. The highest BCUT2D eigenvalue weighted by Gasteiger charge is 2.41. The summed E-state index contributed by atoms with van der Waals surface area (Å²) in [5.74, 6) is 0. The van der Waals surface area contributed by atoms with Gasteiger partial charge < -0.3 is 11.5 Å². The monoisotopic (exact) mass is 268 g/mol. The maximum atomic E-state index is 5.72. The van der Waals surface area contributed by atoms with Gasteiger partial charge in [0.2, 0.25) is 3.67 Å². The first-order chi connectivity index (χ1) is 4.93. The van der Waals surface area contributed by atoms with Crippen molar-refractivity contribution in [1.29, 1.82) is 0 Å². The second-order valence-electron chi connectivity index (χ2n) is 2.30. The maximum absolute atomic E-state index is 5.72. The molecule has 0 bridgehead atoms. The van der Waals surface area contributed by atoms with Crippen molar-refractivity contribution in [2.24, 2.45) is 21.5 Å².